The number of allylic oxidation sites excluding steroid dienone is 6. The van der Waals surface area contributed by atoms with E-state index in [-0.39, 0.29) is 19.4 Å². The first-order chi connectivity index (χ1) is 25.6. The highest BCUT2D eigenvalue weighted by atomic mass is 31.2. The van der Waals surface area contributed by atoms with Gasteiger partial charge in [0, 0.05) is 12.8 Å². The van der Waals surface area contributed by atoms with Crippen LogP contribution in [0.3, 0.4) is 0 Å². The quantitative estimate of drug-likeness (QED) is 0.0236. The van der Waals surface area contributed by atoms with Crippen LogP contribution < -0.4 is 5.73 Å². The molecule has 4 N–H and O–H groups in total. The van der Waals surface area contributed by atoms with Crippen molar-refractivity contribution in [2.24, 2.45) is 5.73 Å². The van der Waals surface area contributed by atoms with Crippen molar-refractivity contribution >= 4 is 25.7 Å². The van der Waals surface area contributed by atoms with Crippen LogP contribution >= 0.6 is 7.82 Å². The lowest BCUT2D eigenvalue weighted by Gasteiger charge is -2.20. The largest absolute Gasteiger partial charge is 0.480 e. The van der Waals surface area contributed by atoms with Crippen LogP contribution in [0, 0.1) is 0 Å². The van der Waals surface area contributed by atoms with Crippen LogP contribution in [0.4, 0.5) is 0 Å². The van der Waals surface area contributed by atoms with Gasteiger partial charge in [-0.3, -0.25) is 23.4 Å². The molecule has 3 atom stereocenters. The van der Waals surface area contributed by atoms with Gasteiger partial charge in [0.2, 0.25) is 0 Å². The SMILES string of the molecule is CCCCC/C=C/CCCCCCCC(=O)O[C@@H](COC(=O)CCC/C=C/C/C=C/CCCCCCCCCCC)COP(=O)(O)OC[C@@H](N)C(=O)O. The molecule has 0 saturated carbocycles. The summed E-state index contributed by atoms with van der Waals surface area (Å²) in [5, 5.41) is 8.86. The molecule has 53 heavy (non-hydrogen) atoms. The third-order valence-electron chi connectivity index (χ3n) is 8.61. The van der Waals surface area contributed by atoms with Gasteiger partial charge in [0.15, 0.2) is 6.10 Å². The van der Waals surface area contributed by atoms with E-state index in [4.69, 9.17) is 24.8 Å². The number of carboxylic acid groups (broad SMARTS) is 1. The topological polar surface area (TPSA) is 172 Å². The van der Waals surface area contributed by atoms with Crippen LogP contribution in [0.1, 0.15) is 174 Å². The Morgan fingerprint density at radius 1 is 0.585 bits per heavy atom. The molecule has 11 nitrogen and oxygen atoms in total. The molecular formula is C41H74NO10P. The molecule has 0 aromatic rings. The summed E-state index contributed by atoms with van der Waals surface area (Å²) in [6.07, 6.45) is 38.0. The minimum Gasteiger partial charge on any atom is -0.480 e. The first-order valence-corrected chi connectivity index (χ1v) is 22.0. The maximum Gasteiger partial charge on any atom is 0.472 e. The number of hydrogen-bond acceptors (Lipinski definition) is 9. The van der Waals surface area contributed by atoms with Crippen molar-refractivity contribution in [2.45, 2.75) is 187 Å². The molecule has 12 heteroatoms. The molecule has 0 aliphatic carbocycles. The third-order valence-corrected chi connectivity index (χ3v) is 9.56. The van der Waals surface area contributed by atoms with E-state index in [0.29, 0.717) is 19.3 Å². The Bertz CT molecular complexity index is 1050. The zero-order chi connectivity index (χ0) is 39.3. The Morgan fingerprint density at radius 2 is 1.02 bits per heavy atom. The molecule has 0 spiro atoms. The maximum absolute atomic E-state index is 12.6. The van der Waals surface area contributed by atoms with Crippen LogP contribution in [0.5, 0.6) is 0 Å². The Labute approximate surface area is 321 Å². The number of carbonyl (C=O) groups excluding carboxylic acids is 2. The van der Waals surface area contributed by atoms with Gasteiger partial charge >= 0.3 is 25.7 Å². The Balaban J connectivity index is 4.45. The second kappa shape index (κ2) is 36.7. The molecule has 0 bridgehead atoms. The number of nitrogens with two attached hydrogens (primary N) is 1. The van der Waals surface area contributed by atoms with Gasteiger partial charge < -0.3 is 25.2 Å². The van der Waals surface area contributed by atoms with Gasteiger partial charge in [-0.25, -0.2) is 4.57 Å². The summed E-state index contributed by atoms with van der Waals surface area (Å²) in [6, 6.07) is -1.53. The molecule has 0 rings (SSSR count). The monoisotopic (exact) mass is 772 g/mol. The van der Waals surface area contributed by atoms with Crippen molar-refractivity contribution in [3.63, 3.8) is 0 Å². The molecular weight excluding hydrogens is 697 g/mol. The summed E-state index contributed by atoms with van der Waals surface area (Å²) in [7, 11) is -4.72. The predicted molar refractivity (Wildman–Crippen MR) is 212 cm³/mol. The van der Waals surface area contributed by atoms with Crippen LogP contribution in [0.2, 0.25) is 0 Å². The van der Waals surface area contributed by atoms with Crippen LogP contribution in [-0.4, -0.2) is 59.9 Å². The van der Waals surface area contributed by atoms with Gasteiger partial charge in [-0.05, 0) is 64.2 Å². The van der Waals surface area contributed by atoms with E-state index < -0.39 is 51.1 Å². The number of ether oxygens (including phenoxy) is 2. The van der Waals surface area contributed by atoms with Gasteiger partial charge in [0.05, 0.1) is 13.2 Å². The summed E-state index contributed by atoms with van der Waals surface area (Å²) in [6.45, 7) is 2.71. The number of unbranched alkanes of at least 4 members (excludes halogenated alkanes) is 18. The third kappa shape index (κ3) is 36.4. The van der Waals surface area contributed by atoms with E-state index in [1.54, 1.807) is 0 Å². The Hall–Kier alpha value is -2.30. The lowest BCUT2D eigenvalue weighted by atomic mass is 10.1. The highest BCUT2D eigenvalue weighted by Gasteiger charge is 2.28. The zero-order valence-electron chi connectivity index (χ0n) is 33.1. The van der Waals surface area contributed by atoms with Gasteiger partial charge in [-0.2, -0.15) is 0 Å². The number of carboxylic acids is 1. The number of esters is 2. The summed E-state index contributed by atoms with van der Waals surface area (Å²) >= 11 is 0. The van der Waals surface area contributed by atoms with E-state index in [2.05, 4.69) is 48.8 Å². The highest BCUT2D eigenvalue weighted by Crippen LogP contribution is 2.43. The first kappa shape index (κ1) is 50.7. The molecule has 0 aromatic heterocycles. The number of carbonyl (C=O) groups is 3. The van der Waals surface area contributed by atoms with Crippen LogP contribution in [0.25, 0.3) is 0 Å². The van der Waals surface area contributed by atoms with Crippen molar-refractivity contribution in [3.05, 3.63) is 36.5 Å². The fourth-order valence-corrected chi connectivity index (χ4v) is 6.11. The number of aliphatic carboxylic acids is 1. The maximum atomic E-state index is 12.6. The number of phosphoric ester groups is 1. The predicted octanol–water partition coefficient (Wildman–Crippen LogP) is 10.4. The molecule has 0 saturated heterocycles. The van der Waals surface area contributed by atoms with Crippen LogP contribution in [0.15, 0.2) is 36.5 Å². The molecule has 0 radical (unpaired) electrons. The van der Waals surface area contributed by atoms with Crippen molar-refractivity contribution in [1.82, 2.24) is 0 Å². The molecule has 0 aliphatic rings. The normalized spacial score (nSPS) is 14.2. The van der Waals surface area contributed by atoms with E-state index in [9.17, 15) is 23.8 Å². The van der Waals surface area contributed by atoms with Crippen molar-refractivity contribution in [3.8, 4) is 0 Å². The van der Waals surface area contributed by atoms with Gasteiger partial charge in [-0.1, -0.05) is 134 Å². The van der Waals surface area contributed by atoms with E-state index in [1.165, 1.54) is 77.0 Å². The minimum absolute atomic E-state index is 0.142. The number of hydrogen-bond donors (Lipinski definition) is 3. The fraction of sp³-hybridized carbons (Fsp3) is 0.780. The summed E-state index contributed by atoms with van der Waals surface area (Å²) < 4.78 is 32.5. The smallest absolute Gasteiger partial charge is 0.472 e. The molecule has 0 amide bonds. The standard InChI is InChI=1S/C41H74NO10P/c1-3-5-7-9-11-13-15-17-18-19-20-21-23-24-26-28-30-32-39(43)49-34-37(35-50-53(47,48)51-36-38(42)41(45)46)52-40(44)33-31-29-27-25-22-16-14-12-10-8-6-4-2/h12,14,20-21,24,26,37-38H,3-11,13,15-19,22-23,25,27-36,42H2,1-2H3,(H,45,46)(H,47,48)/b14-12+,21-20+,26-24+/t37-,38+/m0/s1. The molecule has 308 valence electrons. The summed E-state index contributed by atoms with van der Waals surface area (Å²) in [5.41, 5.74) is 5.32. The highest BCUT2D eigenvalue weighted by molar-refractivity contribution is 7.47. The molecule has 0 heterocycles. The molecule has 0 fully saturated rings. The first-order valence-electron chi connectivity index (χ1n) is 20.5. The second-order valence-electron chi connectivity index (χ2n) is 13.8. The zero-order valence-corrected chi connectivity index (χ0v) is 34.0. The summed E-state index contributed by atoms with van der Waals surface area (Å²) in [5.74, 6) is -2.45. The lowest BCUT2D eigenvalue weighted by Crippen LogP contribution is -2.34. The minimum atomic E-state index is -4.72. The molecule has 0 aromatic carbocycles. The second-order valence-corrected chi connectivity index (χ2v) is 15.2. The average Bonchev–Trinajstić information content (AvgIpc) is 3.13. The molecule has 0 aliphatic heterocycles. The summed E-state index contributed by atoms with van der Waals surface area (Å²) in [4.78, 5) is 45.8. The van der Waals surface area contributed by atoms with E-state index >= 15 is 0 Å². The van der Waals surface area contributed by atoms with E-state index in [1.807, 2.05) is 6.08 Å². The van der Waals surface area contributed by atoms with Crippen molar-refractivity contribution < 1.29 is 47.5 Å². The van der Waals surface area contributed by atoms with Gasteiger partial charge in [0.1, 0.15) is 12.6 Å². The van der Waals surface area contributed by atoms with Crippen molar-refractivity contribution in [2.75, 3.05) is 19.8 Å². The van der Waals surface area contributed by atoms with Crippen LogP contribution in [-0.2, 0) is 37.5 Å². The van der Waals surface area contributed by atoms with Gasteiger partial charge in [0.25, 0.3) is 0 Å². The Morgan fingerprint density at radius 3 is 1.58 bits per heavy atom. The average molecular weight is 772 g/mol. The van der Waals surface area contributed by atoms with Gasteiger partial charge in [-0.15, -0.1) is 0 Å². The van der Waals surface area contributed by atoms with E-state index in [0.717, 1.165) is 51.4 Å². The lowest BCUT2D eigenvalue weighted by molar-refractivity contribution is -0.161. The molecule has 1 unspecified atom stereocenters. The Kier molecular flexibility index (Phi) is 35.1. The fourth-order valence-electron chi connectivity index (χ4n) is 5.33. The number of rotatable bonds is 38. The van der Waals surface area contributed by atoms with Crippen molar-refractivity contribution in [1.29, 1.82) is 0 Å². The number of phosphoric acid groups is 1.